The highest BCUT2D eigenvalue weighted by Gasteiger charge is 2.28. The van der Waals surface area contributed by atoms with E-state index in [1.54, 1.807) is 6.07 Å². The van der Waals surface area contributed by atoms with Crippen LogP contribution in [-0.4, -0.2) is 39.3 Å². The molecule has 0 aromatic carbocycles. The number of hydrogen-bond acceptors (Lipinski definition) is 5. The monoisotopic (exact) mass is 355 g/mol. The molecule has 0 atom stereocenters. The van der Waals surface area contributed by atoms with E-state index >= 15 is 0 Å². The normalized spacial score (nSPS) is 14.7. The highest BCUT2D eigenvalue weighted by atomic mass is 19.4. The average Bonchev–Trinajstić information content (AvgIpc) is 3.27. The van der Waals surface area contributed by atoms with Crippen LogP contribution in [0.25, 0.3) is 0 Å². The van der Waals surface area contributed by atoms with Crippen LogP contribution < -0.4 is 10.1 Å². The molecular formula is C16H20F3N5O. The Kier molecular flexibility index (Phi) is 5.52. The molecule has 0 spiro atoms. The summed E-state index contributed by atoms with van der Waals surface area (Å²) >= 11 is 0. The fourth-order valence-electron chi connectivity index (χ4n) is 2.32. The number of nitrogens with one attached hydrogen (secondary N) is 1. The second-order valence-electron chi connectivity index (χ2n) is 6.21. The molecule has 1 N–H and O–H groups in total. The first-order valence-electron chi connectivity index (χ1n) is 8.22. The van der Waals surface area contributed by atoms with Crippen molar-refractivity contribution < 1.29 is 17.9 Å². The lowest BCUT2D eigenvalue weighted by Crippen LogP contribution is -2.19. The zero-order chi connectivity index (χ0) is 17.7. The quantitative estimate of drug-likeness (QED) is 0.700. The highest BCUT2D eigenvalue weighted by molar-refractivity contribution is 5.18. The summed E-state index contributed by atoms with van der Waals surface area (Å²) in [4.78, 5) is 3.88. The van der Waals surface area contributed by atoms with Gasteiger partial charge in [-0.05, 0) is 37.3 Å². The predicted octanol–water partition coefficient (Wildman–Crippen LogP) is 2.36. The Morgan fingerprint density at radius 1 is 1.28 bits per heavy atom. The molecule has 1 saturated carbocycles. The summed E-state index contributed by atoms with van der Waals surface area (Å²) in [6.07, 6.45) is 2.40. The van der Waals surface area contributed by atoms with Gasteiger partial charge in [0.05, 0.1) is 5.69 Å². The summed E-state index contributed by atoms with van der Waals surface area (Å²) in [6, 6.07) is 3.16. The summed E-state index contributed by atoms with van der Waals surface area (Å²) in [5.74, 6) is 0.736. The van der Waals surface area contributed by atoms with Crippen molar-refractivity contribution in [2.75, 3.05) is 13.2 Å². The molecule has 9 heteroatoms. The molecule has 2 aromatic rings. The van der Waals surface area contributed by atoms with Crippen LogP contribution in [0.3, 0.4) is 0 Å². The fraction of sp³-hybridized carbons (Fsp3) is 0.562. The summed E-state index contributed by atoms with van der Waals surface area (Å²) in [7, 11) is 0. The van der Waals surface area contributed by atoms with E-state index in [2.05, 4.69) is 25.3 Å². The van der Waals surface area contributed by atoms with E-state index in [0.29, 0.717) is 19.5 Å². The summed E-state index contributed by atoms with van der Waals surface area (Å²) in [6.45, 7) is 0.953. The summed E-state index contributed by atoms with van der Waals surface area (Å²) in [5.41, 5.74) is 1.82. The van der Waals surface area contributed by atoms with Crippen molar-refractivity contribution in [3.8, 4) is 5.88 Å². The fourth-order valence-corrected chi connectivity index (χ4v) is 2.32. The number of aromatic nitrogens is 4. The van der Waals surface area contributed by atoms with Gasteiger partial charge in [0.1, 0.15) is 0 Å². The molecule has 3 rings (SSSR count). The summed E-state index contributed by atoms with van der Waals surface area (Å²) in [5, 5.41) is 11.5. The molecule has 136 valence electrons. The first-order chi connectivity index (χ1) is 12.0. The Morgan fingerprint density at radius 3 is 2.80 bits per heavy atom. The number of hydrogen-bond donors (Lipinski definition) is 1. The minimum Gasteiger partial charge on any atom is -0.468 e. The van der Waals surface area contributed by atoms with Gasteiger partial charge >= 0.3 is 6.18 Å². The van der Waals surface area contributed by atoms with Gasteiger partial charge in [0, 0.05) is 31.5 Å². The van der Waals surface area contributed by atoms with Gasteiger partial charge in [0.2, 0.25) is 5.88 Å². The Labute approximate surface area is 143 Å². The van der Waals surface area contributed by atoms with Crippen LogP contribution in [0.15, 0.2) is 24.5 Å². The highest BCUT2D eigenvalue weighted by Crippen LogP contribution is 2.30. The molecule has 0 radical (unpaired) electrons. The van der Waals surface area contributed by atoms with Gasteiger partial charge in [-0.1, -0.05) is 11.3 Å². The van der Waals surface area contributed by atoms with E-state index in [9.17, 15) is 13.2 Å². The van der Waals surface area contributed by atoms with Crippen LogP contribution in [0.4, 0.5) is 13.2 Å². The number of pyridine rings is 1. The van der Waals surface area contributed by atoms with Crippen molar-refractivity contribution in [2.45, 2.75) is 38.5 Å². The largest absolute Gasteiger partial charge is 0.468 e. The van der Waals surface area contributed by atoms with E-state index in [1.165, 1.54) is 25.1 Å². The van der Waals surface area contributed by atoms with Crippen LogP contribution in [0.1, 0.15) is 24.1 Å². The number of nitrogens with zero attached hydrogens (tertiary/aromatic N) is 4. The SMILES string of the molecule is FC(F)(F)COc1ccc(CCNCc2cn(CC3CC3)nn2)cn1. The third kappa shape index (κ3) is 6.33. The molecule has 6 nitrogen and oxygen atoms in total. The van der Waals surface area contributed by atoms with E-state index in [-0.39, 0.29) is 5.88 Å². The standard InChI is InChI=1S/C16H20F3N5O/c17-16(18,19)11-25-15-4-3-12(7-21-15)5-6-20-8-14-10-24(23-22-14)9-13-1-2-13/h3-4,7,10,13,20H,1-2,5-6,8-9,11H2. The number of halogens is 3. The van der Waals surface area contributed by atoms with Crippen molar-refractivity contribution >= 4 is 0 Å². The van der Waals surface area contributed by atoms with Crippen LogP contribution in [-0.2, 0) is 19.5 Å². The van der Waals surface area contributed by atoms with Gasteiger partial charge in [-0.15, -0.1) is 5.10 Å². The Bertz CT molecular complexity index is 667. The number of rotatable bonds is 9. The van der Waals surface area contributed by atoms with Gasteiger partial charge in [-0.3, -0.25) is 4.68 Å². The minimum atomic E-state index is -4.36. The first-order valence-corrected chi connectivity index (χ1v) is 8.22. The predicted molar refractivity (Wildman–Crippen MR) is 83.9 cm³/mol. The summed E-state index contributed by atoms with van der Waals surface area (Å²) < 4.78 is 42.6. The maximum atomic E-state index is 12.1. The molecule has 2 aromatic heterocycles. The maximum Gasteiger partial charge on any atom is 0.422 e. The van der Waals surface area contributed by atoms with Crippen molar-refractivity contribution in [3.63, 3.8) is 0 Å². The average molecular weight is 355 g/mol. The van der Waals surface area contributed by atoms with Crippen LogP contribution >= 0.6 is 0 Å². The molecule has 0 bridgehead atoms. The number of alkyl halides is 3. The maximum absolute atomic E-state index is 12.1. The minimum absolute atomic E-state index is 0.0266. The molecule has 0 saturated heterocycles. The smallest absolute Gasteiger partial charge is 0.422 e. The van der Waals surface area contributed by atoms with Gasteiger partial charge in [0.25, 0.3) is 0 Å². The zero-order valence-corrected chi connectivity index (χ0v) is 13.7. The Morgan fingerprint density at radius 2 is 2.12 bits per heavy atom. The molecule has 2 heterocycles. The van der Waals surface area contributed by atoms with E-state index in [4.69, 9.17) is 0 Å². The molecule has 25 heavy (non-hydrogen) atoms. The topological polar surface area (TPSA) is 64.9 Å². The van der Waals surface area contributed by atoms with Crippen LogP contribution in [0.2, 0.25) is 0 Å². The Hall–Kier alpha value is -2.16. The second kappa shape index (κ2) is 7.81. The van der Waals surface area contributed by atoms with Crippen molar-refractivity contribution in [2.24, 2.45) is 5.92 Å². The van der Waals surface area contributed by atoms with E-state index in [0.717, 1.165) is 23.7 Å². The lowest BCUT2D eigenvalue weighted by molar-refractivity contribution is -0.154. The Balaban J connectivity index is 1.35. The van der Waals surface area contributed by atoms with Crippen molar-refractivity contribution in [1.29, 1.82) is 0 Å². The first kappa shape index (κ1) is 17.7. The second-order valence-corrected chi connectivity index (χ2v) is 6.21. The van der Waals surface area contributed by atoms with Crippen molar-refractivity contribution in [1.82, 2.24) is 25.3 Å². The molecule has 1 aliphatic rings. The molecular weight excluding hydrogens is 335 g/mol. The lowest BCUT2D eigenvalue weighted by Gasteiger charge is -2.08. The molecule has 0 unspecified atom stereocenters. The van der Waals surface area contributed by atoms with Gasteiger partial charge in [0.15, 0.2) is 6.61 Å². The lowest BCUT2D eigenvalue weighted by atomic mass is 10.2. The van der Waals surface area contributed by atoms with E-state index in [1.807, 2.05) is 10.9 Å². The third-order valence-corrected chi connectivity index (χ3v) is 3.81. The van der Waals surface area contributed by atoms with Crippen LogP contribution in [0.5, 0.6) is 5.88 Å². The molecule has 0 amide bonds. The van der Waals surface area contributed by atoms with Crippen LogP contribution in [0, 0.1) is 5.92 Å². The van der Waals surface area contributed by atoms with Crippen molar-refractivity contribution in [3.05, 3.63) is 35.8 Å². The zero-order valence-electron chi connectivity index (χ0n) is 13.7. The van der Waals surface area contributed by atoms with E-state index < -0.39 is 12.8 Å². The molecule has 1 aliphatic carbocycles. The molecule has 1 fully saturated rings. The third-order valence-electron chi connectivity index (χ3n) is 3.81. The number of ether oxygens (including phenoxy) is 1. The van der Waals surface area contributed by atoms with Gasteiger partial charge in [-0.25, -0.2) is 4.98 Å². The van der Waals surface area contributed by atoms with Gasteiger partial charge < -0.3 is 10.1 Å². The molecule has 0 aliphatic heterocycles. The van der Waals surface area contributed by atoms with Gasteiger partial charge in [-0.2, -0.15) is 13.2 Å².